The maximum atomic E-state index is 12.3. The molecule has 2 rings (SSSR count). The third-order valence-corrected chi connectivity index (χ3v) is 4.95. The lowest BCUT2D eigenvalue weighted by Gasteiger charge is -2.39. The molecule has 0 bridgehead atoms. The van der Waals surface area contributed by atoms with Crippen molar-refractivity contribution in [3.63, 3.8) is 0 Å². The quantitative estimate of drug-likeness (QED) is 0.595. The van der Waals surface area contributed by atoms with Gasteiger partial charge in [0.1, 0.15) is 0 Å². The SMILES string of the molecule is CN=C(NCCC(F)(F)F)N1CCN(C(C)c2ccc(Br)cc2)CC1. The van der Waals surface area contributed by atoms with E-state index in [-0.39, 0.29) is 6.54 Å². The van der Waals surface area contributed by atoms with Crippen LogP contribution in [0.5, 0.6) is 0 Å². The van der Waals surface area contributed by atoms with Gasteiger partial charge >= 0.3 is 6.18 Å². The Kier molecular flexibility index (Phi) is 7.13. The first kappa shape index (κ1) is 20.0. The normalized spacial score (nSPS) is 18.3. The summed E-state index contributed by atoms with van der Waals surface area (Å²) in [5, 5.41) is 2.81. The Bertz CT molecular complexity index is 566. The van der Waals surface area contributed by atoms with Crippen LogP contribution < -0.4 is 5.32 Å². The van der Waals surface area contributed by atoms with E-state index in [9.17, 15) is 13.2 Å². The predicted octanol–water partition coefficient (Wildman–Crippen LogP) is 3.66. The number of halogens is 4. The molecule has 4 nitrogen and oxygen atoms in total. The summed E-state index contributed by atoms with van der Waals surface area (Å²) in [5.74, 6) is 0.542. The largest absolute Gasteiger partial charge is 0.390 e. The standard InChI is InChI=1S/C17H24BrF3N4/c1-13(14-3-5-15(18)6-4-14)24-9-11-25(12-10-24)16(22-2)23-8-7-17(19,20)21/h3-6,13H,7-12H2,1-2H3,(H,22,23). The molecule has 1 aromatic carbocycles. The van der Waals surface area contributed by atoms with Crippen LogP contribution in [0.1, 0.15) is 24.9 Å². The van der Waals surface area contributed by atoms with Crippen molar-refractivity contribution in [3.05, 3.63) is 34.3 Å². The first-order chi connectivity index (χ1) is 11.8. The van der Waals surface area contributed by atoms with Gasteiger partial charge in [0.2, 0.25) is 0 Å². The number of guanidine groups is 1. The van der Waals surface area contributed by atoms with Gasteiger partial charge < -0.3 is 10.2 Å². The number of nitrogens with zero attached hydrogens (tertiary/aromatic N) is 3. The van der Waals surface area contributed by atoms with E-state index in [4.69, 9.17) is 0 Å². The maximum absolute atomic E-state index is 12.3. The van der Waals surface area contributed by atoms with Crippen molar-refractivity contribution in [1.29, 1.82) is 0 Å². The van der Waals surface area contributed by atoms with E-state index in [2.05, 4.69) is 50.2 Å². The molecule has 1 aliphatic heterocycles. The Labute approximate surface area is 155 Å². The molecule has 1 atom stereocenters. The Morgan fingerprint density at radius 1 is 1.20 bits per heavy atom. The van der Waals surface area contributed by atoms with Gasteiger partial charge in [-0.05, 0) is 24.6 Å². The summed E-state index contributed by atoms with van der Waals surface area (Å²) in [6.45, 7) is 5.20. The van der Waals surface area contributed by atoms with Crippen LogP contribution in [0.4, 0.5) is 13.2 Å². The van der Waals surface area contributed by atoms with E-state index in [0.717, 1.165) is 30.7 Å². The van der Waals surface area contributed by atoms with Crippen molar-refractivity contribution in [2.75, 3.05) is 39.8 Å². The highest BCUT2D eigenvalue weighted by molar-refractivity contribution is 9.10. The summed E-state index contributed by atoms with van der Waals surface area (Å²) in [6, 6.07) is 8.59. The highest BCUT2D eigenvalue weighted by Crippen LogP contribution is 2.23. The van der Waals surface area contributed by atoms with Crippen LogP contribution in [0.2, 0.25) is 0 Å². The van der Waals surface area contributed by atoms with Gasteiger partial charge in [0.05, 0.1) is 6.42 Å². The number of piperazine rings is 1. The second-order valence-corrected chi connectivity index (χ2v) is 7.01. The molecule has 0 radical (unpaired) electrons. The summed E-state index contributed by atoms with van der Waals surface area (Å²) >= 11 is 3.44. The maximum Gasteiger partial charge on any atom is 0.390 e. The van der Waals surface area contributed by atoms with Gasteiger partial charge in [0.15, 0.2) is 5.96 Å². The molecule has 1 heterocycles. The zero-order valence-electron chi connectivity index (χ0n) is 14.5. The van der Waals surface area contributed by atoms with Crippen LogP contribution in [-0.4, -0.2) is 61.7 Å². The third-order valence-electron chi connectivity index (χ3n) is 4.42. The Hall–Kier alpha value is -1.28. The van der Waals surface area contributed by atoms with Crippen LogP contribution in [-0.2, 0) is 0 Å². The molecule has 1 unspecified atom stereocenters. The minimum absolute atomic E-state index is 0.147. The molecule has 25 heavy (non-hydrogen) atoms. The van der Waals surface area contributed by atoms with Crippen molar-refractivity contribution < 1.29 is 13.2 Å². The fourth-order valence-corrected chi connectivity index (χ4v) is 3.19. The van der Waals surface area contributed by atoms with Crippen LogP contribution in [0.25, 0.3) is 0 Å². The van der Waals surface area contributed by atoms with Gasteiger partial charge in [-0.25, -0.2) is 0 Å². The monoisotopic (exact) mass is 420 g/mol. The molecule has 8 heteroatoms. The molecule has 0 aliphatic carbocycles. The molecule has 0 saturated carbocycles. The lowest BCUT2D eigenvalue weighted by molar-refractivity contribution is -0.132. The second-order valence-electron chi connectivity index (χ2n) is 6.09. The number of alkyl halides is 3. The summed E-state index contributed by atoms with van der Waals surface area (Å²) in [5.41, 5.74) is 1.25. The molecule has 1 aromatic rings. The van der Waals surface area contributed by atoms with Crippen molar-refractivity contribution in [1.82, 2.24) is 15.1 Å². The number of hydrogen-bond donors (Lipinski definition) is 1. The first-order valence-electron chi connectivity index (χ1n) is 8.32. The van der Waals surface area contributed by atoms with Crippen LogP contribution in [0.15, 0.2) is 33.7 Å². The molecule has 0 aromatic heterocycles. The van der Waals surface area contributed by atoms with E-state index in [0.29, 0.717) is 12.0 Å². The Morgan fingerprint density at radius 3 is 2.32 bits per heavy atom. The van der Waals surface area contributed by atoms with Gasteiger partial charge in [-0.3, -0.25) is 9.89 Å². The number of rotatable bonds is 4. The van der Waals surface area contributed by atoms with E-state index in [1.165, 1.54) is 5.56 Å². The number of benzene rings is 1. The molecule has 0 amide bonds. The lowest BCUT2D eigenvalue weighted by Crippen LogP contribution is -2.53. The van der Waals surface area contributed by atoms with E-state index < -0.39 is 12.6 Å². The van der Waals surface area contributed by atoms with Crippen LogP contribution in [0.3, 0.4) is 0 Å². The summed E-state index contributed by atoms with van der Waals surface area (Å²) < 4.78 is 37.9. The topological polar surface area (TPSA) is 30.9 Å². The fraction of sp³-hybridized carbons (Fsp3) is 0.588. The molecule has 1 fully saturated rings. The third kappa shape index (κ3) is 6.18. The number of hydrogen-bond acceptors (Lipinski definition) is 2. The minimum Gasteiger partial charge on any atom is -0.356 e. The zero-order valence-corrected chi connectivity index (χ0v) is 16.1. The average Bonchev–Trinajstić information content (AvgIpc) is 2.58. The molecule has 1 saturated heterocycles. The first-order valence-corrected chi connectivity index (χ1v) is 9.11. The van der Waals surface area contributed by atoms with E-state index in [1.807, 2.05) is 17.0 Å². The Morgan fingerprint density at radius 2 is 1.80 bits per heavy atom. The van der Waals surface area contributed by atoms with Gasteiger partial charge in [0, 0.05) is 50.3 Å². The van der Waals surface area contributed by atoms with Crippen molar-refractivity contribution in [2.45, 2.75) is 25.6 Å². The van der Waals surface area contributed by atoms with Crippen molar-refractivity contribution >= 4 is 21.9 Å². The highest BCUT2D eigenvalue weighted by atomic mass is 79.9. The minimum atomic E-state index is -4.15. The van der Waals surface area contributed by atoms with Crippen molar-refractivity contribution in [3.8, 4) is 0 Å². The fourth-order valence-electron chi connectivity index (χ4n) is 2.92. The summed E-state index contributed by atoms with van der Waals surface area (Å²) in [6.07, 6.45) is -5.00. The zero-order chi connectivity index (χ0) is 18.4. The lowest BCUT2D eigenvalue weighted by atomic mass is 10.1. The van der Waals surface area contributed by atoms with Gasteiger partial charge in [-0.2, -0.15) is 13.2 Å². The van der Waals surface area contributed by atoms with E-state index in [1.54, 1.807) is 7.05 Å². The summed E-state index contributed by atoms with van der Waals surface area (Å²) in [7, 11) is 1.60. The Balaban J connectivity index is 1.84. The highest BCUT2D eigenvalue weighted by Gasteiger charge is 2.27. The second kappa shape index (κ2) is 8.89. The van der Waals surface area contributed by atoms with Gasteiger partial charge in [-0.15, -0.1) is 0 Å². The molecular formula is C17H24BrF3N4. The van der Waals surface area contributed by atoms with Crippen LogP contribution in [0, 0.1) is 0 Å². The van der Waals surface area contributed by atoms with E-state index >= 15 is 0 Å². The predicted molar refractivity (Wildman–Crippen MR) is 97.7 cm³/mol. The average molecular weight is 421 g/mol. The van der Waals surface area contributed by atoms with Gasteiger partial charge in [0.25, 0.3) is 0 Å². The molecule has 0 spiro atoms. The number of nitrogens with one attached hydrogen (secondary N) is 1. The molecular weight excluding hydrogens is 397 g/mol. The van der Waals surface area contributed by atoms with Gasteiger partial charge in [-0.1, -0.05) is 28.1 Å². The molecule has 140 valence electrons. The molecule has 1 aliphatic rings. The molecule has 1 N–H and O–H groups in total. The van der Waals surface area contributed by atoms with Crippen molar-refractivity contribution in [2.24, 2.45) is 4.99 Å². The van der Waals surface area contributed by atoms with Crippen LogP contribution >= 0.6 is 15.9 Å². The smallest absolute Gasteiger partial charge is 0.356 e. The summed E-state index contributed by atoms with van der Waals surface area (Å²) in [4.78, 5) is 8.50. The number of aliphatic imine (C=N–C) groups is 1.